The number of anilines is 1. The summed E-state index contributed by atoms with van der Waals surface area (Å²) in [6, 6.07) is 8.50. The summed E-state index contributed by atoms with van der Waals surface area (Å²) in [5.74, 6) is 0.485. The molecule has 0 radical (unpaired) electrons. The van der Waals surface area contributed by atoms with E-state index >= 15 is 0 Å². The highest BCUT2D eigenvalue weighted by Crippen LogP contribution is 2.52. The second-order valence-electron chi connectivity index (χ2n) is 6.63. The van der Waals surface area contributed by atoms with Gasteiger partial charge in [-0.15, -0.1) is 0 Å². The SMILES string of the molecule is Cc1cc(Cl)cc2c1N[C@H](c1cc([N+](=O)[O-])ccc1Cl)[C@@H]1CC=C[C@H]21. The Morgan fingerprint density at radius 2 is 2.00 bits per heavy atom. The lowest BCUT2D eigenvalue weighted by atomic mass is 9.76. The van der Waals surface area contributed by atoms with E-state index in [-0.39, 0.29) is 28.5 Å². The Hall–Kier alpha value is -2.04. The van der Waals surface area contributed by atoms with Crippen molar-refractivity contribution < 1.29 is 4.92 Å². The first kappa shape index (κ1) is 16.4. The average Bonchev–Trinajstić information content (AvgIpc) is 3.05. The molecule has 1 aliphatic heterocycles. The number of allylic oxidation sites excluding steroid dienone is 2. The number of fused-ring (bicyclic) bond motifs is 3. The maximum Gasteiger partial charge on any atom is 0.269 e. The van der Waals surface area contributed by atoms with Crippen molar-refractivity contribution in [3.63, 3.8) is 0 Å². The summed E-state index contributed by atoms with van der Waals surface area (Å²) >= 11 is 12.7. The van der Waals surface area contributed by atoms with Crippen molar-refractivity contribution in [3.05, 3.63) is 79.3 Å². The van der Waals surface area contributed by atoms with Crippen LogP contribution in [0.1, 0.15) is 35.1 Å². The van der Waals surface area contributed by atoms with E-state index in [9.17, 15) is 10.1 Å². The minimum Gasteiger partial charge on any atom is -0.377 e. The maximum absolute atomic E-state index is 11.2. The molecule has 0 saturated heterocycles. The van der Waals surface area contributed by atoms with Crippen LogP contribution in [0, 0.1) is 23.0 Å². The summed E-state index contributed by atoms with van der Waals surface area (Å²) in [4.78, 5) is 10.8. The fraction of sp³-hybridized carbons (Fsp3) is 0.263. The van der Waals surface area contributed by atoms with Crippen LogP contribution in [-0.4, -0.2) is 4.92 Å². The smallest absolute Gasteiger partial charge is 0.269 e. The minimum atomic E-state index is -0.383. The van der Waals surface area contributed by atoms with Crippen LogP contribution in [0.2, 0.25) is 10.0 Å². The molecular formula is C19H16Cl2N2O2. The number of hydrogen-bond donors (Lipinski definition) is 1. The van der Waals surface area contributed by atoms with Crippen molar-refractivity contribution in [2.45, 2.75) is 25.3 Å². The monoisotopic (exact) mass is 374 g/mol. The predicted octanol–water partition coefficient (Wildman–Crippen LogP) is 6.04. The number of hydrogen-bond acceptors (Lipinski definition) is 3. The number of rotatable bonds is 2. The van der Waals surface area contributed by atoms with Gasteiger partial charge in [0, 0.05) is 39.3 Å². The van der Waals surface area contributed by atoms with Gasteiger partial charge in [-0.05, 0) is 48.6 Å². The number of nitro benzene ring substituents is 1. The lowest BCUT2D eigenvalue weighted by Gasteiger charge is -2.38. The highest BCUT2D eigenvalue weighted by Gasteiger charge is 2.39. The summed E-state index contributed by atoms with van der Waals surface area (Å²) < 4.78 is 0. The molecule has 2 aromatic carbocycles. The second kappa shape index (κ2) is 6.04. The van der Waals surface area contributed by atoms with Crippen LogP contribution in [0.5, 0.6) is 0 Å². The van der Waals surface area contributed by atoms with Gasteiger partial charge in [0.15, 0.2) is 0 Å². The van der Waals surface area contributed by atoms with E-state index in [1.807, 2.05) is 19.1 Å². The fourth-order valence-electron chi connectivity index (χ4n) is 4.03. The molecule has 0 amide bonds. The van der Waals surface area contributed by atoms with E-state index in [2.05, 4.69) is 17.5 Å². The van der Waals surface area contributed by atoms with Gasteiger partial charge in [-0.3, -0.25) is 10.1 Å². The van der Waals surface area contributed by atoms with Crippen molar-refractivity contribution >= 4 is 34.6 Å². The highest BCUT2D eigenvalue weighted by atomic mass is 35.5. The summed E-state index contributed by atoms with van der Waals surface area (Å²) in [5, 5.41) is 16.0. The van der Waals surface area contributed by atoms with E-state index < -0.39 is 0 Å². The van der Waals surface area contributed by atoms with Crippen LogP contribution in [0.4, 0.5) is 11.4 Å². The Morgan fingerprint density at radius 3 is 2.76 bits per heavy atom. The normalized spacial score (nSPS) is 23.7. The third-order valence-corrected chi connectivity index (χ3v) is 5.72. The molecule has 0 spiro atoms. The van der Waals surface area contributed by atoms with Crippen molar-refractivity contribution in [1.29, 1.82) is 0 Å². The molecular weight excluding hydrogens is 359 g/mol. The summed E-state index contributed by atoms with van der Waals surface area (Å²) in [7, 11) is 0. The summed E-state index contributed by atoms with van der Waals surface area (Å²) in [6.45, 7) is 2.02. The number of non-ortho nitro benzene ring substituents is 1. The first-order valence-corrected chi connectivity index (χ1v) is 8.88. The van der Waals surface area contributed by atoms with E-state index in [1.165, 1.54) is 11.6 Å². The molecule has 2 aliphatic rings. The standard InChI is InChI=1S/C19H16Cl2N2O2/c1-10-7-11(20)8-15-13-3-2-4-14(13)19(22-18(10)15)16-9-12(23(24)25)5-6-17(16)21/h2-3,5-9,13-14,19,22H,4H2,1H3/t13-,14+,19-/m0/s1. The van der Waals surface area contributed by atoms with Crippen molar-refractivity contribution in [2.75, 3.05) is 5.32 Å². The molecule has 3 atom stereocenters. The van der Waals surface area contributed by atoms with Gasteiger partial charge in [0.2, 0.25) is 0 Å². The van der Waals surface area contributed by atoms with Crippen LogP contribution in [0.25, 0.3) is 0 Å². The van der Waals surface area contributed by atoms with Crippen molar-refractivity contribution in [1.82, 2.24) is 0 Å². The zero-order valence-electron chi connectivity index (χ0n) is 13.5. The van der Waals surface area contributed by atoms with Gasteiger partial charge >= 0.3 is 0 Å². The van der Waals surface area contributed by atoms with Crippen LogP contribution < -0.4 is 5.32 Å². The molecule has 0 bridgehead atoms. The number of nitro groups is 1. The van der Waals surface area contributed by atoms with E-state index in [1.54, 1.807) is 12.1 Å². The molecule has 1 heterocycles. The average molecular weight is 375 g/mol. The molecule has 0 saturated carbocycles. The Labute approximate surface area is 155 Å². The number of halogens is 2. The van der Waals surface area contributed by atoms with Crippen molar-refractivity contribution in [3.8, 4) is 0 Å². The molecule has 6 heteroatoms. The Bertz CT molecular complexity index is 911. The summed E-state index contributed by atoms with van der Waals surface area (Å²) in [5.41, 5.74) is 4.12. The molecule has 2 aromatic rings. The lowest BCUT2D eigenvalue weighted by molar-refractivity contribution is -0.384. The third kappa shape index (κ3) is 2.70. The molecule has 1 aliphatic carbocycles. The van der Waals surface area contributed by atoms with Gasteiger partial charge in [-0.1, -0.05) is 35.4 Å². The molecule has 1 N–H and O–H groups in total. The van der Waals surface area contributed by atoms with Gasteiger partial charge in [-0.2, -0.15) is 0 Å². The largest absolute Gasteiger partial charge is 0.377 e. The first-order valence-electron chi connectivity index (χ1n) is 8.13. The van der Waals surface area contributed by atoms with Crippen LogP contribution in [0.3, 0.4) is 0 Å². The van der Waals surface area contributed by atoms with Gasteiger partial charge in [-0.25, -0.2) is 0 Å². The van der Waals surface area contributed by atoms with Gasteiger partial charge in [0.25, 0.3) is 5.69 Å². The van der Waals surface area contributed by atoms with Gasteiger partial charge in [0.1, 0.15) is 0 Å². The highest BCUT2D eigenvalue weighted by molar-refractivity contribution is 6.31. The molecule has 128 valence electrons. The van der Waals surface area contributed by atoms with Crippen molar-refractivity contribution in [2.24, 2.45) is 5.92 Å². The van der Waals surface area contributed by atoms with E-state index in [0.29, 0.717) is 5.02 Å². The van der Waals surface area contributed by atoms with Gasteiger partial charge in [0.05, 0.1) is 11.0 Å². The zero-order valence-corrected chi connectivity index (χ0v) is 15.0. The molecule has 25 heavy (non-hydrogen) atoms. The third-order valence-electron chi connectivity index (χ3n) is 5.16. The number of nitrogens with zero attached hydrogens (tertiary/aromatic N) is 1. The zero-order chi connectivity index (χ0) is 17.7. The lowest BCUT2D eigenvalue weighted by Crippen LogP contribution is -2.29. The number of aryl methyl sites for hydroxylation is 1. The van der Waals surface area contributed by atoms with Crippen LogP contribution in [0.15, 0.2) is 42.5 Å². The first-order chi connectivity index (χ1) is 12.0. The molecule has 0 aromatic heterocycles. The van der Waals surface area contributed by atoms with Crippen LogP contribution in [-0.2, 0) is 0 Å². The summed E-state index contributed by atoms with van der Waals surface area (Å²) in [6.07, 6.45) is 5.27. The molecule has 0 fully saturated rings. The number of nitrogens with one attached hydrogen (secondary N) is 1. The topological polar surface area (TPSA) is 55.2 Å². The molecule has 0 unspecified atom stereocenters. The Morgan fingerprint density at radius 1 is 1.20 bits per heavy atom. The minimum absolute atomic E-state index is 0.0577. The van der Waals surface area contributed by atoms with Crippen LogP contribution >= 0.6 is 23.2 Å². The Kier molecular flexibility index (Phi) is 3.97. The second-order valence-corrected chi connectivity index (χ2v) is 7.47. The predicted molar refractivity (Wildman–Crippen MR) is 101 cm³/mol. The molecule has 4 nitrogen and oxygen atoms in total. The molecule has 4 rings (SSSR count). The van der Waals surface area contributed by atoms with E-state index in [4.69, 9.17) is 23.2 Å². The van der Waals surface area contributed by atoms with Gasteiger partial charge < -0.3 is 5.32 Å². The maximum atomic E-state index is 11.2. The quantitative estimate of drug-likeness (QED) is 0.396. The fourth-order valence-corrected chi connectivity index (χ4v) is 4.55. The van der Waals surface area contributed by atoms with E-state index in [0.717, 1.165) is 28.3 Å². The number of benzene rings is 2. The Balaban J connectivity index is 1.85.